The smallest absolute Gasteiger partial charge is 0.0650 e. The van der Waals surface area contributed by atoms with Crippen LogP contribution in [0.2, 0.25) is 0 Å². The van der Waals surface area contributed by atoms with Crippen LogP contribution in [0.15, 0.2) is 36.5 Å². The van der Waals surface area contributed by atoms with Gasteiger partial charge in [-0.2, -0.15) is 5.10 Å². The van der Waals surface area contributed by atoms with E-state index in [1.165, 1.54) is 6.42 Å². The van der Waals surface area contributed by atoms with Gasteiger partial charge in [0.05, 0.1) is 12.3 Å². The average molecular weight is 243 g/mol. The molecule has 1 aliphatic heterocycles. The molecule has 1 aromatic heterocycles. The van der Waals surface area contributed by atoms with Crippen molar-refractivity contribution in [2.24, 2.45) is 5.92 Å². The Labute approximate surface area is 106 Å². The van der Waals surface area contributed by atoms with E-state index in [-0.39, 0.29) is 0 Å². The van der Waals surface area contributed by atoms with Crippen LogP contribution in [0.1, 0.15) is 6.42 Å². The number of anilines is 1. The molecule has 1 saturated heterocycles. The molecule has 18 heavy (non-hydrogen) atoms. The van der Waals surface area contributed by atoms with E-state index in [1.807, 2.05) is 6.07 Å². The molecule has 2 heterocycles. The molecule has 1 aliphatic rings. The Balaban J connectivity index is 1.60. The highest BCUT2D eigenvalue weighted by atomic mass is 16.5. The first-order valence-corrected chi connectivity index (χ1v) is 6.33. The fourth-order valence-corrected chi connectivity index (χ4v) is 2.19. The minimum atomic E-state index is 0.650. The second-order valence-electron chi connectivity index (χ2n) is 4.66. The van der Waals surface area contributed by atoms with E-state index in [1.54, 1.807) is 6.20 Å². The molecule has 1 atom stereocenters. The molecule has 2 N–H and O–H groups in total. The van der Waals surface area contributed by atoms with Crippen LogP contribution in [0.3, 0.4) is 0 Å². The van der Waals surface area contributed by atoms with Crippen LogP contribution in [0.25, 0.3) is 11.3 Å². The summed E-state index contributed by atoms with van der Waals surface area (Å²) in [6, 6.07) is 10.4. The van der Waals surface area contributed by atoms with E-state index >= 15 is 0 Å². The highest BCUT2D eigenvalue weighted by molar-refractivity contribution is 5.62. The van der Waals surface area contributed by atoms with E-state index in [0.717, 1.165) is 36.7 Å². The molecule has 4 nitrogen and oxygen atoms in total. The first-order chi connectivity index (χ1) is 8.92. The standard InChI is InChI=1S/C14H17N3O/c1-3-13(15-9-11-6-8-18-10-11)4-2-12(1)14-5-7-16-17-14/h1-5,7,11,15H,6,8-10H2,(H,16,17). The van der Waals surface area contributed by atoms with Crippen molar-refractivity contribution in [2.45, 2.75) is 6.42 Å². The third kappa shape index (κ3) is 2.54. The topological polar surface area (TPSA) is 49.9 Å². The van der Waals surface area contributed by atoms with Crippen LogP contribution in [0, 0.1) is 5.92 Å². The van der Waals surface area contributed by atoms with Gasteiger partial charge in [0, 0.05) is 31.0 Å². The van der Waals surface area contributed by atoms with Crippen LogP contribution in [-0.2, 0) is 4.74 Å². The first-order valence-electron chi connectivity index (χ1n) is 6.33. The maximum absolute atomic E-state index is 5.36. The van der Waals surface area contributed by atoms with E-state index in [4.69, 9.17) is 4.74 Å². The maximum Gasteiger partial charge on any atom is 0.0650 e. The monoisotopic (exact) mass is 243 g/mol. The molecular formula is C14H17N3O. The number of nitrogens with one attached hydrogen (secondary N) is 2. The molecule has 0 spiro atoms. The van der Waals surface area contributed by atoms with E-state index < -0.39 is 0 Å². The lowest BCUT2D eigenvalue weighted by atomic mass is 10.1. The third-order valence-electron chi connectivity index (χ3n) is 3.32. The lowest BCUT2D eigenvalue weighted by Crippen LogP contribution is -2.13. The summed E-state index contributed by atoms with van der Waals surface area (Å²) in [7, 11) is 0. The highest BCUT2D eigenvalue weighted by Crippen LogP contribution is 2.20. The SMILES string of the molecule is c1cc(-c2ccc(NCC3CCOC3)cc2)[nH]n1. The Morgan fingerprint density at radius 1 is 1.28 bits per heavy atom. The largest absolute Gasteiger partial charge is 0.385 e. The lowest BCUT2D eigenvalue weighted by molar-refractivity contribution is 0.187. The van der Waals surface area contributed by atoms with Gasteiger partial charge in [0.1, 0.15) is 0 Å². The molecule has 0 radical (unpaired) electrons. The summed E-state index contributed by atoms with van der Waals surface area (Å²) < 4.78 is 5.36. The molecular weight excluding hydrogens is 226 g/mol. The van der Waals surface area contributed by atoms with Gasteiger partial charge in [0.2, 0.25) is 0 Å². The molecule has 2 aromatic rings. The van der Waals surface area contributed by atoms with Crippen LogP contribution < -0.4 is 5.32 Å². The van der Waals surface area contributed by atoms with Crippen molar-refractivity contribution in [3.8, 4) is 11.3 Å². The second-order valence-corrected chi connectivity index (χ2v) is 4.66. The van der Waals surface area contributed by atoms with E-state index in [9.17, 15) is 0 Å². The number of ether oxygens (including phenoxy) is 1. The van der Waals surface area contributed by atoms with Crippen molar-refractivity contribution >= 4 is 5.69 Å². The normalized spacial score (nSPS) is 19.0. The Hall–Kier alpha value is -1.81. The van der Waals surface area contributed by atoms with Gasteiger partial charge in [-0.3, -0.25) is 5.10 Å². The van der Waals surface area contributed by atoms with Gasteiger partial charge >= 0.3 is 0 Å². The number of H-pyrrole nitrogens is 1. The highest BCUT2D eigenvalue weighted by Gasteiger charge is 2.14. The van der Waals surface area contributed by atoms with Gasteiger partial charge in [0.15, 0.2) is 0 Å². The van der Waals surface area contributed by atoms with Crippen molar-refractivity contribution < 1.29 is 4.74 Å². The minimum Gasteiger partial charge on any atom is -0.385 e. The quantitative estimate of drug-likeness (QED) is 0.867. The molecule has 1 aromatic carbocycles. The summed E-state index contributed by atoms with van der Waals surface area (Å²) in [4.78, 5) is 0. The fourth-order valence-electron chi connectivity index (χ4n) is 2.19. The Morgan fingerprint density at radius 2 is 2.17 bits per heavy atom. The number of aromatic amines is 1. The van der Waals surface area contributed by atoms with E-state index in [2.05, 4.69) is 39.8 Å². The average Bonchev–Trinajstić information content (AvgIpc) is 3.10. The summed E-state index contributed by atoms with van der Waals surface area (Å²) in [5, 5.41) is 10.4. The van der Waals surface area contributed by atoms with Crippen molar-refractivity contribution in [1.82, 2.24) is 10.2 Å². The van der Waals surface area contributed by atoms with Crippen molar-refractivity contribution in [2.75, 3.05) is 25.1 Å². The van der Waals surface area contributed by atoms with Gasteiger partial charge in [-0.05, 0) is 30.2 Å². The molecule has 1 fully saturated rings. The van der Waals surface area contributed by atoms with Crippen LogP contribution in [-0.4, -0.2) is 30.0 Å². The number of aromatic nitrogens is 2. The zero-order chi connectivity index (χ0) is 12.2. The summed E-state index contributed by atoms with van der Waals surface area (Å²) >= 11 is 0. The molecule has 94 valence electrons. The number of rotatable bonds is 4. The van der Waals surface area contributed by atoms with Crippen molar-refractivity contribution in [1.29, 1.82) is 0 Å². The minimum absolute atomic E-state index is 0.650. The molecule has 0 aliphatic carbocycles. The van der Waals surface area contributed by atoms with Crippen molar-refractivity contribution in [3.63, 3.8) is 0 Å². The first kappa shape index (κ1) is 11.3. The third-order valence-corrected chi connectivity index (χ3v) is 3.32. The van der Waals surface area contributed by atoms with Gasteiger partial charge in [-0.25, -0.2) is 0 Å². The zero-order valence-corrected chi connectivity index (χ0v) is 10.2. The summed E-state index contributed by atoms with van der Waals surface area (Å²) in [5.41, 5.74) is 3.36. The van der Waals surface area contributed by atoms with Gasteiger partial charge in [-0.1, -0.05) is 12.1 Å². The van der Waals surface area contributed by atoms with Crippen LogP contribution >= 0.6 is 0 Å². The Bertz CT molecular complexity index is 472. The number of hydrogen-bond acceptors (Lipinski definition) is 3. The van der Waals surface area contributed by atoms with Gasteiger partial charge in [-0.15, -0.1) is 0 Å². The van der Waals surface area contributed by atoms with Gasteiger partial charge in [0.25, 0.3) is 0 Å². The fraction of sp³-hybridized carbons (Fsp3) is 0.357. The molecule has 3 rings (SSSR count). The lowest BCUT2D eigenvalue weighted by Gasteiger charge is -2.10. The molecule has 0 amide bonds. The van der Waals surface area contributed by atoms with Crippen LogP contribution in [0.4, 0.5) is 5.69 Å². The van der Waals surface area contributed by atoms with E-state index in [0.29, 0.717) is 5.92 Å². The Morgan fingerprint density at radius 3 is 2.83 bits per heavy atom. The van der Waals surface area contributed by atoms with Gasteiger partial charge < -0.3 is 10.1 Å². The second kappa shape index (κ2) is 5.23. The summed E-state index contributed by atoms with van der Waals surface area (Å²) in [6.07, 6.45) is 2.93. The van der Waals surface area contributed by atoms with Crippen molar-refractivity contribution in [3.05, 3.63) is 36.5 Å². The zero-order valence-electron chi connectivity index (χ0n) is 10.2. The maximum atomic E-state index is 5.36. The molecule has 0 saturated carbocycles. The number of hydrogen-bond donors (Lipinski definition) is 2. The summed E-state index contributed by atoms with van der Waals surface area (Å²) in [6.45, 7) is 2.79. The predicted molar refractivity (Wildman–Crippen MR) is 71.4 cm³/mol. The number of nitrogens with zero attached hydrogens (tertiary/aromatic N) is 1. The molecule has 0 bridgehead atoms. The molecule has 4 heteroatoms. The van der Waals surface area contributed by atoms with Crippen LogP contribution in [0.5, 0.6) is 0 Å². The predicted octanol–water partition coefficient (Wildman–Crippen LogP) is 2.53. The number of benzene rings is 1. The molecule has 1 unspecified atom stereocenters. The Kier molecular flexibility index (Phi) is 3.28. The summed E-state index contributed by atoms with van der Waals surface area (Å²) in [5.74, 6) is 0.650.